The molecular formula is C17H27ClN2O. The van der Waals surface area contributed by atoms with Gasteiger partial charge in [0, 0.05) is 10.6 Å². The minimum atomic E-state index is 0.0797. The van der Waals surface area contributed by atoms with Crippen molar-refractivity contribution in [1.29, 1.82) is 0 Å². The minimum Gasteiger partial charge on any atom is -0.496 e. The lowest BCUT2D eigenvalue weighted by Gasteiger charge is -2.39. The third-order valence-electron chi connectivity index (χ3n) is 4.70. The molecule has 4 heteroatoms. The SMILES string of the molecule is COc1ccc(Cl)cc1C(NN)C1(CC(C)C)CCCC1. The topological polar surface area (TPSA) is 47.3 Å². The Bertz CT molecular complexity index is 470. The molecule has 3 N–H and O–H groups in total. The van der Waals surface area contributed by atoms with E-state index in [9.17, 15) is 0 Å². The van der Waals surface area contributed by atoms with Crippen molar-refractivity contribution in [3.05, 3.63) is 28.8 Å². The number of hydrazine groups is 1. The molecule has 1 aliphatic rings. The highest BCUT2D eigenvalue weighted by atomic mass is 35.5. The van der Waals surface area contributed by atoms with Crippen molar-refractivity contribution in [2.24, 2.45) is 17.2 Å². The molecule has 0 amide bonds. The molecule has 1 aromatic rings. The highest BCUT2D eigenvalue weighted by Gasteiger charge is 2.43. The minimum absolute atomic E-state index is 0.0797. The third-order valence-corrected chi connectivity index (χ3v) is 4.93. The van der Waals surface area contributed by atoms with Crippen molar-refractivity contribution >= 4 is 11.6 Å². The average Bonchev–Trinajstić information content (AvgIpc) is 2.88. The Morgan fingerprint density at radius 1 is 1.33 bits per heavy atom. The number of hydrogen-bond donors (Lipinski definition) is 2. The standard InChI is InChI=1S/C17H27ClN2O/c1-12(2)11-17(8-4-5-9-17)16(20-19)14-10-13(18)6-7-15(14)21-3/h6-7,10,12,16,20H,4-5,8-9,11,19H2,1-3H3. The van der Waals surface area contributed by atoms with Gasteiger partial charge < -0.3 is 4.74 Å². The van der Waals surface area contributed by atoms with E-state index in [1.165, 1.54) is 25.7 Å². The van der Waals surface area contributed by atoms with Gasteiger partial charge in [-0.25, -0.2) is 0 Å². The fourth-order valence-corrected chi connectivity index (χ4v) is 4.21. The van der Waals surface area contributed by atoms with Crippen molar-refractivity contribution < 1.29 is 4.74 Å². The van der Waals surface area contributed by atoms with Gasteiger partial charge in [0.25, 0.3) is 0 Å². The number of nitrogens with one attached hydrogen (secondary N) is 1. The second kappa shape index (κ2) is 6.99. The molecule has 0 aromatic heterocycles. The van der Waals surface area contributed by atoms with Gasteiger partial charge in [-0.1, -0.05) is 38.3 Å². The summed E-state index contributed by atoms with van der Waals surface area (Å²) in [5.74, 6) is 7.47. The molecule has 0 bridgehead atoms. The van der Waals surface area contributed by atoms with Crippen molar-refractivity contribution in [1.82, 2.24) is 5.43 Å². The summed E-state index contributed by atoms with van der Waals surface area (Å²) in [5.41, 5.74) is 4.34. The first-order valence-corrected chi connectivity index (χ1v) is 8.20. The van der Waals surface area contributed by atoms with E-state index in [0.717, 1.165) is 22.8 Å². The summed E-state index contributed by atoms with van der Waals surface area (Å²) in [6.45, 7) is 4.56. The van der Waals surface area contributed by atoms with Crippen LogP contribution in [-0.2, 0) is 0 Å². The van der Waals surface area contributed by atoms with E-state index in [-0.39, 0.29) is 11.5 Å². The quantitative estimate of drug-likeness (QED) is 0.602. The lowest BCUT2D eigenvalue weighted by atomic mass is 9.70. The number of rotatable bonds is 6. The summed E-state index contributed by atoms with van der Waals surface area (Å²) < 4.78 is 5.54. The summed E-state index contributed by atoms with van der Waals surface area (Å²) in [6.07, 6.45) is 6.12. The zero-order valence-corrected chi connectivity index (χ0v) is 14.0. The van der Waals surface area contributed by atoms with E-state index < -0.39 is 0 Å². The first kappa shape index (κ1) is 16.6. The van der Waals surface area contributed by atoms with Gasteiger partial charge in [-0.3, -0.25) is 11.3 Å². The molecule has 1 atom stereocenters. The van der Waals surface area contributed by atoms with Crippen LogP contribution in [0, 0.1) is 11.3 Å². The van der Waals surface area contributed by atoms with Crippen LogP contribution in [0.5, 0.6) is 5.75 Å². The molecule has 1 aromatic carbocycles. The van der Waals surface area contributed by atoms with Crippen LogP contribution in [0.3, 0.4) is 0 Å². The maximum Gasteiger partial charge on any atom is 0.123 e. The number of methoxy groups -OCH3 is 1. The lowest BCUT2D eigenvalue weighted by Crippen LogP contribution is -2.41. The second-order valence-electron chi connectivity index (χ2n) is 6.65. The normalized spacial score (nSPS) is 19.0. The number of ether oxygens (including phenoxy) is 1. The summed E-state index contributed by atoms with van der Waals surface area (Å²) in [7, 11) is 1.70. The third kappa shape index (κ3) is 3.53. The zero-order chi connectivity index (χ0) is 15.5. The molecule has 2 rings (SSSR count). The molecule has 1 aliphatic carbocycles. The van der Waals surface area contributed by atoms with Crippen LogP contribution in [0.25, 0.3) is 0 Å². The fraction of sp³-hybridized carbons (Fsp3) is 0.647. The van der Waals surface area contributed by atoms with Gasteiger partial charge in [-0.15, -0.1) is 0 Å². The molecule has 0 saturated heterocycles. The summed E-state index contributed by atoms with van der Waals surface area (Å²) in [5, 5.41) is 0.726. The predicted octanol–water partition coefficient (Wildman–Crippen LogP) is 4.46. The van der Waals surface area contributed by atoms with Crippen LogP contribution in [0.15, 0.2) is 18.2 Å². The number of hydrogen-bond acceptors (Lipinski definition) is 3. The molecule has 0 aliphatic heterocycles. The van der Waals surface area contributed by atoms with E-state index >= 15 is 0 Å². The highest BCUT2D eigenvalue weighted by molar-refractivity contribution is 6.30. The molecule has 1 fully saturated rings. The van der Waals surface area contributed by atoms with Gasteiger partial charge in [0.1, 0.15) is 5.75 Å². The molecular weight excluding hydrogens is 284 g/mol. The number of halogens is 1. The number of nitrogens with two attached hydrogens (primary N) is 1. The van der Waals surface area contributed by atoms with E-state index in [0.29, 0.717) is 5.92 Å². The monoisotopic (exact) mass is 310 g/mol. The molecule has 0 spiro atoms. The first-order chi connectivity index (χ1) is 10.0. The van der Waals surface area contributed by atoms with E-state index in [1.807, 2.05) is 18.2 Å². The van der Waals surface area contributed by atoms with E-state index in [1.54, 1.807) is 7.11 Å². The largest absolute Gasteiger partial charge is 0.496 e. The number of benzene rings is 1. The van der Waals surface area contributed by atoms with Crippen LogP contribution in [0.4, 0.5) is 0 Å². The van der Waals surface area contributed by atoms with Crippen LogP contribution in [0.1, 0.15) is 57.6 Å². The summed E-state index contributed by atoms with van der Waals surface area (Å²) in [4.78, 5) is 0. The molecule has 1 unspecified atom stereocenters. The lowest BCUT2D eigenvalue weighted by molar-refractivity contribution is 0.153. The molecule has 0 heterocycles. The summed E-state index contributed by atoms with van der Waals surface area (Å²) >= 11 is 6.21. The van der Waals surface area contributed by atoms with E-state index in [4.69, 9.17) is 22.2 Å². The Morgan fingerprint density at radius 3 is 2.52 bits per heavy atom. The molecule has 118 valence electrons. The first-order valence-electron chi connectivity index (χ1n) is 7.82. The van der Waals surface area contributed by atoms with Crippen LogP contribution in [0.2, 0.25) is 5.02 Å². The van der Waals surface area contributed by atoms with Crippen molar-refractivity contribution in [2.75, 3.05) is 7.11 Å². The maximum atomic E-state index is 6.21. The van der Waals surface area contributed by atoms with Gasteiger partial charge in [0.05, 0.1) is 13.2 Å². The maximum absolute atomic E-state index is 6.21. The van der Waals surface area contributed by atoms with Crippen molar-refractivity contribution in [2.45, 2.75) is 52.0 Å². The van der Waals surface area contributed by atoms with Crippen LogP contribution in [-0.4, -0.2) is 7.11 Å². The van der Waals surface area contributed by atoms with Gasteiger partial charge in [0.2, 0.25) is 0 Å². The van der Waals surface area contributed by atoms with Crippen molar-refractivity contribution in [3.8, 4) is 5.75 Å². The summed E-state index contributed by atoms with van der Waals surface area (Å²) in [6, 6.07) is 5.86. The Morgan fingerprint density at radius 2 is 2.00 bits per heavy atom. The molecule has 21 heavy (non-hydrogen) atoms. The zero-order valence-electron chi connectivity index (χ0n) is 13.3. The Labute approximate surface area is 133 Å². The van der Waals surface area contributed by atoms with Crippen LogP contribution >= 0.6 is 11.6 Å². The second-order valence-corrected chi connectivity index (χ2v) is 7.09. The van der Waals surface area contributed by atoms with Gasteiger partial charge in [-0.05, 0) is 48.8 Å². The van der Waals surface area contributed by atoms with E-state index in [2.05, 4.69) is 19.3 Å². The molecule has 0 radical (unpaired) electrons. The van der Waals surface area contributed by atoms with Crippen molar-refractivity contribution in [3.63, 3.8) is 0 Å². The Hall–Kier alpha value is -0.770. The highest BCUT2D eigenvalue weighted by Crippen LogP contribution is 2.52. The predicted molar refractivity (Wildman–Crippen MR) is 88.4 cm³/mol. The van der Waals surface area contributed by atoms with Gasteiger partial charge >= 0.3 is 0 Å². The van der Waals surface area contributed by atoms with Crippen LogP contribution < -0.4 is 16.0 Å². The van der Waals surface area contributed by atoms with Gasteiger partial charge in [0.15, 0.2) is 0 Å². The fourth-order valence-electron chi connectivity index (χ4n) is 4.03. The molecule has 3 nitrogen and oxygen atoms in total. The molecule has 1 saturated carbocycles. The Balaban J connectivity index is 2.43. The smallest absolute Gasteiger partial charge is 0.123 e. The van der Waals surface area contributed by atoms with Gasteiger partial charge in [-0.2, -0.15) is 0 Å². The average molecular weight is 311 g/mol. The Kier molecular flexibility index (Phi) is 5.53.